The lowest BCUT2D eigenvalue weighted by Gasteiger charge is -2.29. The summed E-state index contributed by atoms with van der Waals surface area (Å²) < 4.78 is 85.9. The molecule has 6 rings (SSSR count). The Balaban J connectivity index is 1.25. The van der Waals surface area contributed by atoms with Crippen LogP contribution >= 0.6 is 22.9 Å². The van der Waals surface area contributed by atoms with Gasteiger partial charge in [-0.15, -0.1) is 11.3 Å². The van der Waals surface area contributed by atoms with Crippen LogP contribution in [0.15, 0.2) is 87.5 Å². The molecule has 2 aliphatic rings. The largest absolute Gasteiger partial charge is 0.275 e. The van der Waals surface area contributed by atoms with Crippen LogP contribution < -0.4 is 4.72 Å². The molecule has 1 N–H and O–H groups in total. The van der Waals surface area contributed by atoms with Gasteiger partial charge in [0.1, 0.15) is 0 Å². The zero-order valence-electron chi connectivity index (χ0n) is 25.5. The van der Waals surface area contributed by atoms with Gasteiger partial charge in [-0.05, 0) is 104 Å². The Morgan fingerprint density at radius 3 is 2.09 bits per heavy atom. The van der Waals surface area contributed by atoms with Gasteiger partial charge in [-0.2, -0.15) is 8.61 Å². The first-order chi connectivity index (χ1) is 22.3. The van der Waals surface area contributed by atoms with Crippen LogP contribution in [0.2, 0.25) is 5.02 Å². The molecule has 2 aliphatic heterocycles. The number of hydrogen-bond acceptors (Lipinski definition) is 8. The van der Waals surface area contributed by atoms with Gasteiger partial charge in [-0.1, -0.05) is 36.7 Å². The van der Waals surface area contributed by atoms with Gasteiger partial charge in [0.25, 0.3) is 15.9 Å². The molecule has 250 valence electrons. The molecule has 15 heteroatoms. The summed E-state index contributed by atoms with van der Waals surface area (Å²) >= 11 is 7.11. The van der Waals surface area contributed by atoms with Crippen LogP contribution in [0.3, 0.4) is 0 Å². The van der Waals surface area contributed by atoms with Crippen molar-refractivity contribution in [3.05, 3.63) is 88.3 Å². The van der Waals surface area contributed by atoms with Crippen LogP contribution in [-0.2, 0) is 36.5 Å². The summed E-state index contributed by atoms with van der Waals surface area (Å²) in [5.74, 6) is -0.399. The summed E-state index contributed by atoms with van der Waals surface area (Å²) in [6.07, 6.45) is 2.93. The first-order valence-corrected chi connectivity index (χ1v) is 20.8. The minimum atomic E-state index is -4.38. The number of fused-ring (bicyclic) bond motifs is 1. The molecule has 1 amide bonds. The molecule has 0 saturated carbocycles. The lowest BCUT2D eigenvalue weighted by molar-refractivity contribution is 0.0984. The summed E-state index contributed by atoms with van der Waals surface area (Å²) in [5.41, 5.74) is 0.568. The topological polar surface area (TPSA) is 138 Å². The highest BCUT2D eigenvalue weighted by Crippen LogP contribution is 2.36. The molecule has 1 atom stereocenters. The smallest absolute Gasteiger partial charge is 0.267 e. The van der Waals surface area contributed by atoms with E-state index in [4.69, 9.17) is 11.6 Å². The van der Waals surface area contributed by atoms with E-state index in [0.717, 1.165) is 34.3 Å². The van der Waals surface area contributed by atoms with Crippen molar-refractivity contribution in [1.82, 2.24) is 13.3 Å². The predicted molar refractivity (Wildman–Crippen MR) is 182 cm³/mol. The molecular weight excluding hydrogens is 702 g/mol. The van der Waals surface area contributed by atoms with Crippen molar-refractivity contribution in [2.24, 2.45) is 5.92 Å². The summed E-state index contributed by atoms with van der Waals surface area (Å²) in [6.45, 7) is 3.21. The number of halogens is 1. The van der Waals surface area contributed by atoms with Crippen molar-refractivity contribution >= 4 is 69.0 Å². The second-order valence-corrected chi connectivity index (χ2v) is 19.0. The van der Waals surface area contributed by atoms with Crippen molar-refractivity contribution in [3.8, 4) is 0 Å². The minimum absolute atomic E-state index is 0.0150. The van der Waals surface area contributed by atoms with Crippen molar-refractivity contribution in [1.29, 1.82) is 0 Å². The lowest BCUT2D eigenvalue weighted by atomic mass is 10.0. The normalized spacial score (nSPS) is 18.9. The average Bonchev–Trinajstić information content (AvgIpc) is 3.67. The molecule has 1 aromatic heterocycles. The predicted octanol–water partition coefficient (Wildman–Crippen LogP) is 5.49. The first kappa shape index (κ1) is 34.0. The highest BCUT2D eigenvalue weighted by molar-refractivity contribution is 7.90. The maximum atomic E-state index is 13.7. The lowest BCUT2D eigenvalue weighted by Crippen LogP contribution is -2.38. The van der Waals surface area contributed by atoms with E-state index in [2.05, 4.69) is 11.6 Å². The molecule has 1 unspecified atom stereocenters. The quantitative estimate of drug-likeness (QED) is 0.240. The van der Waals surface area contributed by atoms with Crippen molar-refractivity contribution in [3.63, 3.8) is 0 Å². The van der Waals surface area contributed by atoms with Gasteiger partial charge in [0, 0.05) is 35.4 Å². The SMILES string of the molecule is CC1CCN(S(=O)(=O)c2ccc(S(=O)(=O)NC(=O)c3sc4ccccc4c3CC3CCCN3S(=O)(=O)c3ccc(Cl)cc3)cc2)CC1. The van der Waals surface area contributed by atoms with Crippen LogP contribution in [0.5, 0.6) is 0 Å². The number of nitrogens with one attached hydrogen (secondary N) is 1. The number of hydrogen-bond donors (Lipinski definition) is 1. The van der Waals surface area contributed by atoms with Gasteiger partial charge < -0.3 is 0 Å². The fourth-order valence-electron chi connectivity index (χ4n) is 6.18. The summed E-state index contributed by atoms with van der Waals surface area (Å²) in [6, 6.07) is 17.7. The van der Waals surface area contributed by atoms with Crippen LogP contribution in [0.1, 0.15) is 47.8 Å². The van der Waals surface area contributed by atoms with Gasteiger partial charge >= 0.3 is 0 Å². The Morgan fingerprint density at radius 2 is 1.40 bits per heavy atom. The Bertz CT molecular complexity index is 2130. The van der Waals surface area contributed by atoms with Gasteiger partial charge in [-0.25, -0.2) is 30.0 Å². The maximum Gasteiger partial charge on any atom is 0.275 e. The maximum absolute atomic E-state index is 13.7. The standard InChI is InChI=1S/C32H34ClN3O7S4/c1-22-16-19-35(20-17-22)46(40,41)26-14-12-25(13-15-26)45(38,39)34-32(37)31-29(28-6-2-3-7-30(28)44-31)21-24-5-4-18-36(24)47(42,43)27-10-8-23(33)9-11-27/h2-3,6-15,22,24H,4-5,16-21H2,1H3,(H,34,37). The van der Waals surface area contributed by atoms with E-state index < -0.39 is 42.0 Å². The molecule has 0 radical (unpaired) electrons. The number of rotatable bonds is 9. The second kappa shape index (κ2) is 13.2. The van der Waals surface area contributed by atoms with E-state index in [0.29, 0.717) is 49.0 Å². The molecule has 10 nitrogen and oxygen atoms in total. The Labute approximate surface area is 284 Å². The summed E-state index contributed by atoms with van der Waals surface area (Å²) in [4.78, 5) is 13.7. The Kier molecular flexibility index (Phi) is 9.57. The molecule has 3 heterocycles. The summed E-state index contributed by atoms with van der Waals surface area (Å²) in [7, 11) is -12.0. The Morgan fingerprint density at radius 1 is 0.809 bits per heavy atom. The number of thiophene rings is 1. The van der Waals surface area contributed by atoms with Crippen molar-refractivity contribution in [2.45, 2.75) is 59.8 Å². The van der Waals surface area contributed by atoms with Crippen LogP contribution in [-0.4, -0.2) is 65.4 Å². The molecule has 4 aromatic rings. The number of carbonyl (C=O) groups excluding carboxylic acids is 1. The third-order valence-electron chi connectivity index (χ3n) is 8.83. The van der Waals surface area contributed by atoms with Gasteiger partial charge in [0.2, 0.25) is 20.0 Å². The number of sulfonamides is 3. The van der Waals surface area contributed by atoms with E-state index in [-0.39, 0.29) is 26.0 Å². The van der Waals surface area contributed by atoms with Crippen LogP contribution in [0.4, 0.5) is 0 Å². The molecule has 3 aromatic carbocycles. The number of benzene rings is 3. The zero-order valence-corrected chi connectivity index (χ0v) is 29.5. The van der Waals surface area contributed by atoms with E-state index in [1.807, 2.05) is 24.3 Å². The van der Waals surface area contributed by atoms with Crippen LogP contribution in [0, 0.1) is 5.92 Å². The van der Waals surface area contributed by atoms with Crippen molar-refractivity contribution < 1.29 is 30.0 Å². The molecular formula is C32H34ClN3O7S4. The Hall–Kier alpha value is -2.85. The monoisotopic (exact) mass is 735 g/mol. The number of nitrogens with zero attached hydrogens (tertiary/aromatic N) is 2. The van der Waals surface area contributed by atoms with Gasteiger partial charge in [-0.3, -0.25) is 4.79 Å². The molecule has 47 heavy (non-hydrogen) atoms. The van der Waals surface area contributed by atoms with Gasteiger partial charge in [0.05, 0.1) is 19.6 Å². The number of piperidine rings is 1. The summed E-state index contributed by atoms with van der Waals surface area (Å²) in [5, 5.41) is 1.17. The highest BCUT2D eigenvalue weighted by atomic mass is 35.5. The average molecular weight is 736 g/mol. The zero-order chi connectivity index (χ0) is 33.6. The molecule has 0 aliphatic carbocycles. The third kappa shape index (κ3) is 6.87. The van der Waals surface area contributed by atoms with Crippen LogP contribution in [0.25, 0.3) is 10.1 Å². The van der Waals surface area contributed by atoms with Crippen molar-refractivity contribution in [2.75, 3.05) is 19.6 Å². The van der Waals surface area contributed by atoms with E-state index >= 15 is 0 Å². The minimum Gasteiger partial charge on any atom is -0.267 e. The molecule has 2 saturated heterocycles. The molecule has 0 bridgehead atoms. The molecule has 2 fully saturated rings. The van der Waals surface area contributed by atoms with E-state index in [1.54, 1.807) is 0 Å². The number of carbonyl (C=O) groups is 1. The number of amides is 1. The van der Waals surface area contributed by atoms with E-state index in [1.165, 1.54) is 57.1 Å². The van der Waals surface area contributed by atoms with E-state index in [9.17, 15) is 30.0 Å². The van der Waals surface area contributed by atoms with Gasteiger partial charge in [0.15, 0.2) is 0 Å². The third-order valence-corrected chi connectivity index (χ3v) is 15.5. The fraction of sp³-hybridized carbons (Fsp3) is 0.344. The fourth-order valence-corrected chi connectivity index (χ4v) is 11.6. The highest BCUT2D eigenvalue weighted by Gasteiger charge is 2.37. The molecule has 0 spiro atoms. The first-order valence-electron chi connectivity index (χ1n) is 15.2. The second-order valence-electron chi connectivity index (χ2n) is 12.0.